The number of hydrogen-bond donors (Lipinski definition) is 1. The predicted molar refractivity (Wildman–Crippen MR) is 37.4 cm³/mol. The molecule has 0 aliphatic rings. The van der Waals surface area contributed by atoms with E-state index in [2.05, 4.69) is 15.1 Å². The molecule has 4 nitrogen and oxygen atoms in total. The Bertz CT molecular complexity index is 139. The lowest BCUT2D eigenvalue weighted by Crippen LogP contribution is -2.08. The van der Waals surface area contributed by atoms with Crippen LogP contribution in [0.2, 0.25) is 0 Å². The number of nitrogens with two attached hydrogens (primary N) is 1. The molecule has 9 heavy (non-hydrogen) atoms. The van der Waals surface area contributed by atoms with Crippen LogP contribution in [0.15, 0.2) is 10.3 Å². The molecule has 0 fully saturated rings. The van der Waals surface area contributed by atoms with Crippen LogP contribution in [0.4, 0.5) is 0 Å². The van der Waals surface area contributed by atoms with Crippen molar-refractivity contribution in [2.24, 2.45) is 16.1 Å². The Kier molecular flexibility index (Phi) is 3.43. The van der Waals surface area contributed by atoms with Crippen molar-refractivity contribution in [1.29, 1.82) is 0 Å². The minimum absolute atomic E-state index is 0.678. The molecule has 0 saturated carbocycles. The molecule has 0 spiro atoms. The van der Waals surface area contributed by atoms with Gasteiger partial charge in [-0.3, -0.25) is 0 Å². The zero-order valence-electron chi connectivity index (χ0n) is 5.88. The highest BCUT2D eigenvalue weighted by atomic mass is 16.6. The molecule has 0 amide bonds. The highest BCUT2D eigenvalue weighted by Crippen LogP contribution is 1.81. The van der Waals surface area contributed by atoms with Crippen molar-refractivity contribution in [1.82, 2.24) is 0 Å². The van der Waals surface area contributed by atoms with E-state index in [0.717, 1.165) is 0 Å². The maximum absolute atomic E-state index is 4.95. The van der Waals surface area contributed by atoms with Crippen molar-refractivity contribution < 1.29 is 4.84 Å². The summed E-state index contributed by atoms with van der Waals surface area (Å²) < 4.78 is 0. The summed E-state index contributed by atoms with van der Waals surface area (Å²) in [6, 6.07) is 0. The van der Waals surface area contributed by atoms with Gasteiger partial charge in [-0.15, -0.1) is 0 Å². The highest BCUT2D eigenvalue weighted by molar-refractivity contribution is 6.40. The van der Waals surface area contributed by atoms with Crippen LogP contribution < -0.4 is 5.84 Å². The molecule has 0 saturated heterocycles. The third-order valence-corrected chi connectivity index (χ3v) is 0.945. The Morgan fingerprint density at radius 2 is 1.89 bits per heavy atom. The van der Waals surface area contributed by atoms with Crippen LogP contribution in [0.1, 0.15) is 13.8 Å². The highest BCUT2D eigenvalue weighted by Gasteiger charge is 1.93. The van der Waals surface area contributed by atoms with Gasteiger partial charge in [-0.25, -0.2) is 0 Å². The summed E-state index contributed by atoms with van der Waals surface area (Å²) in [7, 11) is 1.48. The fourth-order valence-corrected chi connectivity index (χ4v) is 0.296. The molecule has 0 unspecified atom stereocenters. The standard InChI is InChI=1S/C5H11N3O/c1-4(7-6)5(2)8-9-3/h6H2,1-3H3/b7-4+,8-5+. The smallest absolute Gasteiger partial charge is 0.106 e. The van der Waals surface area contributed by atoms with Crippen LogP contribution in [0.5, 0.6) is 0 Å². The molecule has 0 aromatic rings. The van der Waals surface area contributed by atoms with Gasteiger partial charge >= 0.3 is 0 Å². The minimum Gasteiger partial charge on any atom is -0.399 e. The molecule has 0 heterocycles. The minimum atomic E-state index is 0.678. The summed E-state index contributed by atoms with van der Waals surface area (Å²) >= 11 is 0. The van der Waals surface area contributed by atoms with E-state index in [1.54, 1.807) is 13.8 Å². The lowest BCUT2D eigenvalue weighted by Gasteiger charge is -1.93. The van der Waals surface area contributed by atoms with Gasteiger partial charge in [0.25, 0.3) is 0 Å². The van der Waals surface area contributed by atoms with E-state index in [1.165, 1.54) is 7.11 Å². The number of hydrazone groups is 1. The first kappa shape index (κ1) is 7.94. The zero-order chi connectivity index (χ0) is 7.28. The molecule has 0 aromatic carbocycles. The van der Waals surface area contributed by atoms with Crippen LogP contribution in [-0.4, -0.2) is 18.5 Å². The first-order valence-corrected chi connectivity index (χ1v) is 2.55. The Morgan fingerprint density at radius 1 is 1.33 bits per heavy atom. The Hall–Kier alpha value is -1.06. The van der Waals surface area contributed by atoms with E-state index in [1.807, 2.05) is 0 Å². The first-order chi connectivity index (χ1) is 4.22. The number of hydrogen-bond acceptors (Lipinski definition) is 4. The van der Waals surface area contributed by atoms with E-state index < -0.39 is 0 Å². The van der Waals surface area contributed by atoms with Crippen molar-refractivity contribution in [2.45, 2.75) is 13.8 Å². The van der Waals surface area contributed by atoms with Gasteiger partial charge in [-0.1, -0.05) is 5.16 Å². The molecule has 52 valence electrons. The van der Waals surface area contributed by atoms with Gasteiger partial charge in [0.2, 0.25) is 0 Å². The Labute approximate surface area is 54.4 Å². The van der Waals surface area contributed by atoms with Crippen molar-refractivity contribution in [3.05, 3.63) is 0 Å². The average molecular weight is 129 g/mol. The van der Waals surface area contributed by atoms with E-state index in [-0.39, 0.29) is 0 Å². The second-order valence-corrected chi connectivity index (χ2v) is 1.57. The van der Waals surface area contributed by atoms with Crippen LogP contribution in [0.25, 0.3) is 0 Å². The predicted octanol–water partition coefficient (Wildman–Crippen LogP) is 0.343. The molecule has 4 heteroatoms. The number of rotatable bonds is 2. The normalized spacial score (nSPS) is 13.7. The third-order valence-electron chi connectivity index (χ3n) is 0.945. The first-order valence-electron chi connectivity index (χ1n) is 2.55. The fraction of sp³-hybridized carbons (Fsp3) is 0.600. The summed E-state index contributed by atoms with van der Waals surface area (Å²) in [6.07, 6.45) is 0. The molecule has 0 atom stereocenters. The number of oxime groups is 1. The van der Waals surface area contributed by atoms with E-state index in [9.17, 15) is 0 Å². The quantitative estimate of drug-likeness (QED) is 0.332. The maximum atomic E-state index is 4.95. The van der Waals surface area contributed by atoms with E-state index in [4.69, 9.17) is 5.84 Å². The molecule has 0 aliphatic carbocycles. The molecule has 2 N–H and O–H groups in total. The molecular weight excluding hydrogens is 118 g/mol. The molecular formula is C5H11N3O. The lowest BCUT2D eigenvalue weighted by molar-refractivity contribution is 0.214. The van der Waals surface area contributed by atoms with Crippen molar-refractivity contribution in [2.75, 3.05) is 7.11 Å². The lowest BCUT2D eigenvalue weighted by atomic mass is 10.3. The maximum Gasteiger partial charge on any atom is 0.106 e. The second-order valence-electron chi connectivity index (χ2n) is 1.57. The summed E-state index contributed by atoms with van der Waals surface area (Å²) in [5, 5.41) is 7.01. The third kappa shape index (κ3) is 2.69. The van der Waals surface area contributed by atoms with Crippen LogP contribution in [-0.2, 0) is 4.84 Å². The zero-order valence-corrected chi connectivity index (χ0v) is 5.88. The summed E-state index contributed by atoms with van der Waals surface area (Å²) in [4.78, 5) is 4.48. The van der Waals surface area contributed by atoms with Gasteiger partial charge in [0.1, 0.15) is 7.11 Å². The van der Waals surface area contributed by atoms with Gasteiger partial charge in [0.15, 0.2) is 0 Å². The van der Waals surface area contributed by atoms with Gasteiger partial charge < -0.3 is 10.7 Å². The van der Waals surface area contributed by atoms with Gasteiger partial charge in [0, 0.05) is 0 Å². The fourth-order valence-electron chi connectivity index (χ4n) is 0.296. The summed E-state index contributed by atoms with van der Waals surface area (Å²) in [5.74, 6) is 4.95. The van der Waals surface area contributed by atoms with Crippen molar-refractivity contribution >= 4 is 11.4 Å². The van der Waals surface area contributed by atoms with E-state index >= 15 is 0 Å². The average Bonchev–Trinajstić information content (AvgIpc) is 1.87. The molecule has 0 bridgehead atoms. The Morgan fingerprint density at radius 3 is 2.22 bits per heavy atom. The molecule has 0 rings (SSSR count). The van der Waals surface area contributed by atoms with Crippen molar-refractivity contribution in [3.8, 4) is 0 Å². The van der Waals surface area contributed by atoms with Crippen molar-refractivity contribution in [3.63, 3.8) is 0 Å². The van der Waals surface area contributed by atoms with Crippen LogP contribution in [0.3, 0.4) is 0 Å². The summed E-state index contributed by atoms with van der Waals surface area (Å²) in [6.45, 7) is 3.53. The largest absolute Gasteiger partial charge is 0.399 e. The monoisotopic (exact) mass is 129 g/mol. The van der Waals surface area contributed by atoms with Crippen LogP contribution in [0, 0.1) is 0 Å². The second kappa shape index (κ2) is 3.88. The number of nitrogens with zero attached hydrogens (tertiary/aromatic N) is 2. The summed E-state index contributed by atoms with van der Waals surface area (Å²) in [5.41, 5.74) is 1.37. The topological polar surface area (TPSA) is 60.0 Å². The molecule has 0 radical (unpaired) electrons. The molecule has 0 aromatic heterocycles. The van der Waals surface area contributed by atoms with Crippen LogP contribution >= 0.6 is 0 Å². The van der Waals surface area contributed by atoms with E-state index in [0.29, 0.717) is 11.4 Å². The van der Waals surface area contributed by atoms with Gasteiger partial charge in [0.05, 0.1) is 11.4 Å². The SMILES string of the molecule is CO/N=C(C)/C(C)=N/N. The molecule has 0 aliphatic heterocycles. The Balaban J connectivity index is 4.03. The van der Waals surface area contributed by atoms with Gasteiger partial charge in [-0.2, -0.15) is 5.10 Å². The van der Waals surface area contributed by atoms with Gasteiger partial charge in [-0.05, 0) is 13.8 Å².